The average Bonchev–Trinajstić information content (AvgIpc) is 3.17. The van der Waals surface area contributed by atoms with Gasteiger partial charge in [0.2, 0.25) is 0 Å². The van der Waals surface area contributed by atoms with Crippen molar-refractivity contribution in [1.82, 2.24) is 9.97 Å². The van der Waals surface area contributed by atoms with Crippen LogP contribution in [0.2, 0.25) is 0 Å². The first-order valence-electron chi connectivity index (χ1n) is 7.45. The molecule has 0 saturated carbocycles. The third-order valence-electron chi connectivity index (χ3n) is 3.67. The van der Waals surface area contributed by atoms with Crippen molar-refractivity contribution in [2.24, 2.45) is 5.73 Å². The van der Waals surface area contributed by atoms with Gasteiger partial charge in [0, 0.05) is 34.0 Å². The van der Waals surface area contributed by atoms with Gasteiger partial charge in [-0.2, -0.15) is 0 Å². The number of nitrogens with two attached hydrogens (primary N) is 1. The highest BCUT2D eigenvalue weighted by Crippen LogP contribution is 2.17. The van der Waals surface area contributed by atoms with Crippen LogP contribution in [0, 0.1) is 11.6 Å². The molecule has 2 aromatic carbocycles. The summed E-state index contributed by atoms with van der Waals surface area (Å²) in [6.45, 7) is 0.455. The number of nitrogens with one attached hydrogen (secondary N) is 2. The lowest BCUT2D eigenvalue weighted by Crippen LogP contribution is -1.94. The van der Waals surface area contributed by atoms with Crippen molar-refractivity contribution >= 4 is 27.8 Å². The lowest BCUT2D eigenvalue weighted by molar-refractivity contribution is 0.0691. The minimum absolute atomic E-state index is 0.0700. The molecule has 2 aromatic heterocycles. The van der Waals surface area contributed by atoms with Crippen LogP contribution < -0.4 is 5.73 Å². The molecule has 0 aliphatic rings. The standard InChI is InChI=1S/C9H9FN2.C9H6FNO2/c10-7-1-2-9-6(3-7)4-8(5-11)12-9;10-6-1-2-7-5(3-6)4-8(11-7)9(12)13/h1-4,12H,5,11H2;1-4,11H,(H,12,13). The predicted octanol–water partition coefficient (Wildman–Crippen LogP) is 3.77. The van der Waals surface area contributed by atoms with E-state index in [9.17, 15) is 13.6 Å². The molecule has 0 saturated heterocycles. The number of hydrogen-bond donors (Lipinski definition) is 4. The van der Waals surface area contributed by atoms with Crippen LogP contribution in [-0.4, -0.2) is 21.0 Å². The Bertz CT molecular complexity index is 1050. The third kappa shape index (κ3) is 3.67. The first-order chi connectivity index (χ1) is 12.0. The Morgan fingerprint density at radius 2 is 1.48 bits per heavy atom. The van der Waals surface area contributed by atoms with Gasteiger partial charge in [-0.05, 0) is 48.5 Å². The molecule has 4 aromatic rings. The van der Waals surface area contributed by atoms with E-state index in [-0.39, 0.29) is 17.3 Å². The van der Waals surface area contributed by atoms with Gasteiger partial charge >= 0.3 is 5.97 Å². The molecule has 5 N–H and O–H groups in total. The topological polar surface area (TPSA) is 94.9 Å². The van der Waals surface area contributed by atoms with E-state index in [1.54, 1.807) is 6.07 Å². The van der Waals surface area contributed by atoms with Crippen molar-refractivity contribution in [3.05, 3.63) is 71.6 Å². The van der Waals surface area contributed by atoms with Crippen LogP contribution >= 0.6 is 0 Å². The molecule has 0 bridgehead atoms. The number of aromatic nitrogens is 2. The molecule has 0 unspecified atom stereocenters. The number of aromatic amines is 2. The number of carboxylic acids is 1. The minimum atomic E-state index is -1.04. The normalized spacial score (nSPS) is 10.7. The van der Waals surface area contributed by atoms with Crippen LogP contribution in [0.4, 0.5) is 8.78 Å². The number of fused-ring (bicyclic) bond motifs is 2. The molecule has 25 heavy (non-hydrogen) atoms. The van der Waals surface area contributed by atoms with E-state index in [2.05, 4.69) is 9.97 Å². The second-order valence-corrected chi connectivity index (χ2v) is 5.45. The zero-order valence-electron chi connectivity index (χ0n) is 13.0. The molecule has 5 nitrogen and oxygen atoms in total. The lowest BCUT2D eigenvalue weighted by Gasteiger charge is -1.87. The van der Waals surface area contributed by atoms with Gasteiger partial charge in [-0.15, -0.1) is 0 Å². The van der Waals surface area contributed by atoms with Crippen LogP contribution in [0.3, 0.4) is 0 Å². The van der Waals surface area contributed by atoms with E-state index in [0.717, 1.165) is 16.6 Å². The number of benzene rings is 2. The van der Waals surface area contributed by atoms with E-state index >= 15 is 0 Å². The Kier molecular flexibility index (Phi) is 4.49. The van der Waals surface area contributed by atoms with Gasteiger partial charge in [-0.1, -0.05) is 0 Å². The van der Waals surface area contributed by atoms with E-state index in [1.807, 2.05) is 6.07 Å². The lowest BCUT2D eigenvalue weighted by atomic mass is 10.2. The highest BCUT2D eigenvalue weighted by atomic mass is 19.1. The summed E-state index contributed by atoms with van der Waals surface area (Å²) >= 11 is 0. The molecule has 128 valence electrons. The number of hydrogen-bond acceptors (Lipinski definition) is 2. The van der Waals surface area contributed by atoms with Crippen LogP contribution in [0.25, 0.3) is 21.8 Å². The summed E-state index contributed by atoms with van der Waals surface area (Å²) in [4.78, 5) is 16.3. The number of rotatable bonds is 2. The average molecular weight is 343 g/mol. The zero-order chi connectivity index (χ0) is 18.0. The molecular weight excluding hydrogens is 328 g/mol. The summed E-state index contributed by atoms with van der Waals surface area (Å²) in [5.41, 5.74) is 7.97. The molecule has 0 spiro atoms. The maximum Gasteiger partial charge on any atom is 0.352 e. The van der Waals surface area contributed by atoms with Crippen molar-refractivity contribution in [3.63, 3.8) is 0 Å². The molecule has 0 aliphatic heterocycles. The number of carbonyl (C=O) groups is 1. The zero-order valence-corrected chi connectivity index (χ0v) is 13.0. The van der Waals surface area contributed by atoms with Gasteiger partial charge < -0.3 is 20.8 Å². The molecule has 7 heteroatoms. The number of halogens is 2. The molecule has 0 aliphatic carbocycles. The van der Waals surface area contributed by atoms with Gasteiger partial charge in [-0.3, -0.25) is 0 Å². The van der Waals surface area contributed by atoms with Gasteiger partial charge in [0.25, 0.3) is 0 Å². The highest BCUT2D eigenvalue weighted by molar-refractivity contribution is 5.93. The van der Waals surface area contributed by atoms with Crippen LogP contribution in [-0.2, 0) is 6.54 Å². The maximum atomic E-state index is 12.7. The Hall–Kier alpha value is -3.19. The van der Waals surface area contributed by atoms with Crippen LogP contribution in [0.15, 0.2) is 48.5 Å². The van der Waals surface area contributed by atoms with Crippen molar-refractivity contribution in [2.45, 2.75) is 6.54 Å². The maximum absolute atomic E-state index is 12.7. The summed E-state index contributed by atoms with van der Waals surface area (Å²) < 4.78 is 25.4. The highest BCUT2D eigenvalue weighted by Gasteiger charge is 2.07. The quantitative estimate of drug-likeness (QED) is 0.446. The summed E-state index contributed by atoms with van der Waals surface area (Å²) in [6.07, 6.45) is 0. The molecule has 2 heterocycles. The first kappa shape index (κ1) is 16.7. The Morgan fingerprint density at radius 3 is 2.04 bits per heavy atom. The van der Waals surface area contributed by atoms with Gasteiger partial charge in [0.15, 0.2) is 0 Å². The molecule has 0 amide bonds. The molecule has 4 rings (SSSR count). The summed E-state index contributed by atoms with van der Waals surface area (Å²) in [7, 11) is 0. The molecule has 0 fully saturated rings. The second kappa shape index (κ2) is 6.74. The smallest absolute Gasteiger partial charge is 0.352 e. The van der Waals surface area contributed by atoms with Crippen molar-refractivity contribution in [1.29, 1.82) is 0 Å². The van der Waals surface area contributed by atoms with Crippen molar-refractivity contribution < 1.29 is 18.7 Å². The van der Waals surface area contributed by atoms with Gasteiger partial charge in [0.05, 0.1) is 0 Å². The van der Waals surface area contributed by atoms with Crippen molar-refractivity contribution in [3.8, 4) is 0 Å². The Balaban J connectivity index is 0.000000146. The fourth-order valence-electron chi connectivity index (χ4n) is 2.49. The number of carboxylic acid groups (broad SMARTS) is 1. The second-order valence-electron chi connectivity index (χ2n) is 5.45. The third-order valence-corrected chi connectivity index (χ3v) is 3.67. The van der Waals surface area contributed by atoms with Crippen LogP contribution in [0.5, 0.6) is 0 Å². The molecular formula is C18H15F2N3O2. The molecule has 0 radical (unpaired) electrons. The number of aromatic carboxylic acids is 1. The van der Waals surface area contributed by atoms with Crippen molar-refractivity contribution in [2.75, 3.05) is 0 Å². The monoisotopic (exact) mass is 343 g/mol. The SMILES string of the molecule is NCc1cc2cc(F)ccc2[nH]1.O=C(O)c1cc2cc(F)ccc2[nH]1. The Labute approximate surface area is 141 Å². The van der Waals surface area contributed by atoms with Gasteiger partial charge in [0.1, 0.15) is 17.3 Å². The first-order valence-corrected chi connectivity index (χ1v) is 7.45. The summed E-state index contributed by atoms with van der Waals surface area (Å²) in [6, 6.07) is 12.0. The van der Waals surface area contributed by atoms with E-state index in [1.165, 1.54) is 36.4 Å². The van der Waals surface area contributed by atoms with E-state index < -0.39 is 5.97 Å². The number of H-pyrrole nitrogens is 2. The predicted molar refractivity (Wildman–Crippen MR) is 91.4 cm³/mol. The minimum Gasteiger partial charge on any atom is -0.477 e. The fraction of sp³-hybridized carbons (Fsp3) is 0.0556. The van der Waals surface area contributed by atoms with Gasteiger partial charge in [-0.25, -0.2) is 13.6 Å². The Morgan fingerprint density at radius 1 is 0.920 bits per heavy atom. The fourth-order valence-corrected chi connectivity index (χ4v) is 2.49. The largest absolute Gasteiger partial charge is 0.477 e. The van der Waals surface area contributed by atoms with Crippen LogP contribution in [0.1, 0.15) is 16.2 Å². The van der Waals surface area contributed by atoms with E-state index in [4.69, 9.17) is 10.8 Å². The summed E-state index contributed by atoms with van der Waals surface area (Å²) in [5, 5.41) is 10.1. The van der Waals surface area contributed by atoms with E-state index in [0.29, 0.717) is 17.4 Å². The summed E-state index contributed by atoms with van der Waals surface area (Å²) in [5.74, 6) is -1.63. The molecule has 0 atom stereocenters.